The quantitative estimate of drug-likeness (QED) is 0.152. The van der Waals surface area contributed by atoms with E-state index < -0.39 is 0 Å². The number of halogens is 2. The number of fused-ring (bicyclic) bond motifs is 2. The van der Waals surface area contributed by atoms with Gasteiger partial charge < -0.3 is 24.8 Å². The van der Waals surface area contributed by atoms with Gasteiger partial charge in [0.15, 0.2) is 0 Å². The van der Waals surface area contributed by atoms with Gasteiger partial charge in [0.1, 0.15) is 0 Å². The Morgan fingerprint density at radius 3 is 1.00 bits per heavy atom. The Morgan fingerprint density at radius 1 is 0.462 bits per heavy atom. The summed E-state index contributed by atoms with van der Waals surface area (Å²) < 4.78 is 0. The van der Waals surface area contributed by atoms with Gasteiger partial charge >= 0.3 is 38.5 Å². The summed E-state index contributed by atoms with van der Waals surface area (Å²) in [6.07, 6.45) is 17.9. The number of hydrogen-bond donors (Lipinski definition) is 0. The maximum atomic E-state index is 2.33. The molecule has 0 N–H and O–H groups in total. The molecule has 4 heteroatoms. The van der Waals surface area contributed by atoms with E-state index in [4.69, 9.17) is 0 Å². The SMILES string of the molecule is C[Si](C)=[Ti+2].Cc1cc2c([cH-]1)C=CC=CC2(c1ccccc1)c1ccccc1.Cc1cc2c([cH-]1)C=CC=CC2(c1ccccc1)c1ccccc1.[Cl-].[Cl-]. The molecule has 0 saturated heterocycles. The minimum absolute atomic E-state index is 0. The van der Waals surface area contributed by atoms with E-state index >= 15 is 0 Å². The minimum Gasteiger partial charge on any atom is -1.00 e. The first kappa shape index (κ1) is 40.8. The van der Waals surface area contributed by atoms with Crippen molar-refractivity contribution in [3.63, 3.8) is 0 Å². The molecule has 6 aromatic carbocycles. The maximum Gasteiger partial charge on any atom is 0.0223 e. The predicted molar refractivity (Wildman–Crippen MR) is 213 cm³/mol. The summed E-state index contributed by atoms with van der Waals surface area (Å²) in [7, 11) is 0. The summed E-state index contributed by atoms with van der Waals surface area (Å²) in [6.45, 7) is 8.88. The molecular formula is C48H44Cl2SiTi-2. The molecule has 0 atom stereocenters. The van der Waals surface area contributed by atoms with Crippen LogP contribution in [0.5, 0.6) is 0 Å². The molecule has 0 radical (unpaired) electrons. The Morgan fingerprint density at radius 2 is 0.731 bits per heavy atom. The van der Waals surface area contributed by atoms with Crippen LogP contribution in [0.1, 0.15) is 55.6 Å². The van der Waals surface area contributed by atoms with Crippen LogP contribution in [0, 0.1) is 13.8 Å². The molecule has 0 aromatic heterocycles. The van der Waals surface area contributed by atoms with E-state index in [1.54, 1.807) is 0 Å². The van der Waals surface area contributed by atoms with Crippen LogP contribution < -0.4 is 24.8 Å². The fourth-order valence-corrected chi connectivity index (χ4v) is 7.35. The third-order valence-corrected chi connectivity index (χ3v) is 9.36. The molecule has 260 valence electrons. The number of aryl methyl sites for hydroxylation is 2. The van der Waals surface area contributed by atoms with Crippen molar-refractivity contribution >= 4 is 18.3 Å². The van der Waals surface area contributed by atoms with E-state index in [-0.39, 0.29) is 41.8 Å². The van der Waals surface area contributed by atoms with Crippen LogP contribution in [0.4, 0.5) is 0 Å². The zero-order valence-corrected chi connectivity index (χ0v) is 34.3. The van der Waals surface area contributed by atoms with Crippen LogP contribution >= 0.6 is 0 Å². The van der Waals surface area contributed by atoms with Crippen LogP contribution in [0.15, 0.2) is 182 Å². The minimum atomic E-state index is -0.240. The zero-order valence-electron chi connectivity index (χ0n) is 30.2. The van der Waals surface area contributed by atoms with Gasteiger partial charge in [-0.2, -0.15) is 23.3 Å². The van der Waals surface area contributed by atoms with Crippen molar-refractivity contribution in [1.82, 2.24) is 0 Å². The summed E-state index contributed by atoms with van der Waals surface area (Å²) in [6, 6.07) is 52.4. The van der Waals surface area contributed by atoms with Crippen molar-refractivity contribution in [2.24, 2.45) is 0 Å². The second-order valence-corrected chi connectivity index (χ2v) is 20.0. The number of benzene rings is 4. The van der Waals surface area contributed by atoms with Gasteiger partial charge in [-0.3, -0.25) is 0 Å². The Labute approximate surface area is 335 Å². The zero-order chi connectivity index (χ0) is 35.0. The number of allylic oxidation sites excluding steroid dienone is 6. The molecule has 52 heavy (non-hydrogen) atoms. The summed E-state index contributed by atoms with van der Waals surface area (Å²) in [5.74, 6) is 0. The first-order chi connectivity index (χ1) is 24.3. The van der Waals surface area contributed by atoms with Gasteiger partial charge in [-0.1, -0.05) is 159 Å². The molecule has 0 unspecified atom stereocenters. The van der Waals surface area contributed by atoms with Gasteiger partial charge in [-0.05, 0) is 22.3 Å². The monoisotopic (exact) mass is 766 g/mol. The van der Waals surface area contributed by atoms with Gasteiger partial charge in [-0.15, -0.1) is 58.7 Å². The topological polar surface area (TPSA) is 0 Å². The molecule has 0 heterocycles. The fraction of sp³-hybridized carbons (Fsp3) is 0.125. The average Bonchev–Trinajstić information content (AvgIpc) is 3.59. The number of hydrogen-bond acceptors (Lipinski definition) is 0. The summed E-state index contributed by atoms with van der Waals surface area (Å²) in [4.78, 5) is 0. The second kappa shape index (κ2) is 18.7. The molecule has 6 aromatic rings. The Balaban J connectivity index is 0.000000204. The molecule has 2 aliphatic carbocycles. The molecule has 0 amide bonds. The van der Waals surface area contributed by atoms with Crippen LogP contribution in [-0.2, 0) is 30.0 Å². The molecule has 0 nitrogen and oxygen atoms in total. The van der Waals surface area contributed by atoms with E-state index in [0.717, 1.165) is 0 Å². The molecule has 2 aliphatic rings. The van der Waals surface area contributed by atoms with Gasteiger partial charge in [0.25, 0.3) is 0 Å². The van der Waals surface area contributed by atoms with Crippen LogP contribution in [-0.4, -0.2) is 6.19 Å². The summed E-state index contributed by atoms with van der Waals surface area (Å²) in [5.41, 5.74) is 12.7. The molecule has 8 rings (SSSR count). The van der Waals surface area contributed by atoms with E-state index in [2.05, 4.69) is 240 Å². The van der Waals surface area contributed by atoms with Crippen LogP contribution in [0.2, 0.25) is 13.1 Å². The standard InChI is InChI=1S/2C23H19.C2H6Si.2ClH.Ti/c2*1-18-16-19-10-8-9-15-23(22(19)17-18,20-11-4-2-5-12-20)21-13-6-3-7-14-21;1-3-2;;;/h2*2-17H,1H3;1-2H3;2*1H;/q2*-1;;;;+2/p-2. The van der Waals surface area contributed by atoms with Crippen LogP contribution in [0.25, 0.3) is 12.2 Å². The summed E-state index contributed by atoms with van der Waals surface area (Å²) in [5, 5.41) is 0. The Hall–Kier alpha value is -3.95. The van der Waals surface area contributed by atoms with Crippen LogP contribution in [0.3, 0.4) is 0 Å². The molecule has 0 bridgehead atoms. The van der Waals surface area contributed by atoms with E-state index in [0.29, 0.717) is 0 Å². The predicted octanol–water partition coefficient (Wildman–Crippen LogP) is 6.05. The molecular weight excluding hydrogens is 723 g/mol. The maximum absolute atomic E-state index is 2.33. The van der Waals surface area contributed by atoms with Gasteiger partial charge in [0.05, 0.1) is 0 Å². The molecule has 0 fully saturated rings. The van der Waals surface area contributed by atoms with Crippen molar-refractivity contribution in [2.45, 2.75) is 37.8 Å². The van der Waals surface area contributed by atoms with Crippen molar-refractivity contribution in [3.05, 3.63) is 238 Å². The third-order valence-electron chi connectivity index (χ3n) is 9.36. The largest absolute Gasteiger partial charge is 1.00 e. The summed E-state index contributed by atoms with van der Waals surface area (Å²) >= 11 is 2.27. The molecule has 0 spiro atoms. The fourth-order valence-electron chi connectivity index (χ4n) is 7.35. The Kier molecular flexibility index (Phi) is 14.7. The van der Waals surface area contributed by atoms with Gasteiger partial charge in [0.2, 0.25) is 0 Å². The van der Waals surface area contributed by atoms with Crippen molar-refractivity contribution < 1.29 is 44.0 Å². The first-order valence-corrected chi connectivity index (χ1v) is 22.2. The number of rotatable bonds is 4. The van der Waals surface area contributed by atoms with Gasteiger partial charge in [0, 0.05) is 10.8 Å². The molecule has 0 saturated carbocycles. The third kappa shape index (κ3) is 8.63. The average molecular weight is 768 g/mol. The smallest absolute Gasteiger partial charge is 0.0223 e. The van der Waals surface area contributed by atoms with Crippen molar-refractivity contribution in [3.8, 4) is 0 Å². The Bertz CT molecular complexity index is 1920. The van der Waals surface area contributed by atoms with E-state index in [1.807, 2.05) is 0 Å². The second-order valence-electron chi connectivity index (χ2n) is 13.3. The van der Waals surface area contributed by atoms with Crippen molar-refractivity contribution in [2.75, 3.05) is 0 Å². The van der Waals surface area contributed by atoms with Gasteiger partial charge in [-0.25, -0.2) is 0 Å². The van der Waals surface area contributed by atoms with E-state index in [9.17, 15) is 0 Å². The molecule has 0 aliphatic heterocycles. The first-order valence-electron chi connectivity index (χ1n) is 17.4. The van der Waals surface area contributed by atoms with Crippen molar-refractivity contribution in [1.29, 1.82) is 0 Å². The normalized spacial score (nSPS) is 14.0. The van der Waals surface area contributed by atoms with E-state index in [1.165, 1.54) is 55.6 Å².